The lowest BCUT2D eigenvalue weighted by Gasteiger charge is -2.26. The van der Waals surface area contributed by atoms with E-state index in [4.69, 9.17) is 9.72 Å². The SMILES string of the molecule is CCCCN(CC)c1nccc(Nc2cc3c(C(C)C)cnc(C(=O)NC4COC4)c3cn2)n1. The van der Waals surface area contributed by atoms with Crippen molar-refractivity contribution in [2.45, 2.75) is 52.5 Å². The summed E-state index contributed by atoms with van der Waals surface area (Å²) in [6.45, 7) is 11.4. The van der Waals surface area contributed by atoms with Crippen LogP contribution in [0.2, 0.25) is 0 Å². The van der Waals surface area contributed by atoms with Crippen molar-refractivity contribution in [3.05, 3.63) is 42.0 Å². The Morgan fingerprint density at radius 1 is 1.15 bits per heavy atom. The first-order valence-corrected chi connectivity index (χ1v) is 12.0. The predicted molar refractivity (Wildman–Crippen MR) is 134 cm³/mol. The summed E-state index contributed by atoms with van der Waals surface area (Å²) >= 11 is 0. The number of aromatic nitrogens is 4. The van der Waals surface area contributed by atoms with Crippen molar-refractivity contribution in [2.75, 3.05) is 36.5 Å². The Bertz CT molecular complexity index is 1150. The smallest absolute Gasteiger partial charge is 0.270 e. The fourth-order valence-corrected chi connectivity index (χ4v) is 3.89. The molecule has 0 bridgehead atoms. The van der Waals surface area contributed by atoms with Crippen LogP contribution in [0.1, 0.15) is 62.5 Å². The molecule has 2 N–H and O–H groups in total. The van der Waals surface area contributed by atoms with Crippen molar-refractivity contribution in [1.29, 1.82) is 0 Å². The normalized spacial score (nSPS) is 13.7. The Labute approximate surface area is 200 Å². The fourth-order valence-electron chi connectivity index (χ4n) is 3.89. The number of fused-ring (bicyclic) bond motifs is 1. The Kier molecular flexibility index (Phi) is 7.52. The van der Waals surface area contributed by atoms with Crippen molar-refractivity contribution in [3.8, 4) is 0 Å². The van der Waals surface area contributed by atoms with Gasteiger partial charge < -0.3 is 20.3 Å². The lowest BCUT2D eigenvalue weighted by molar-refractivity contribution is -0.00351. The molecule has 1 fully saturated rings. The highest BCUT2D eigenvalue weighted by atomic mass is 16.5. The number of pyridine rings is 2. The van der Waals surface area contributed by atoms with Crippen LogP contribution in [0.15, 0.2) is 30.7 Å². The van der Waals surface area contributed by atoms with Gasteiger partial charge in [0, 0.05) is 37.1 Å². The molecule has 4 rings (SSSR count). The van der Waals surface area contributed by atoms with Gasteiger partial charge in [-0.15, -0.1) is 0 Å². The maximum absolute atomic E-state index is 12.8. The minimum absolute atomic E-state index is 0.0370. The lowest BCUT2D eigenvalue weighted by atomic mass is 9.98. The van der Waals surface area contributed by atoms with Crippen LogP contribution in [0, 0.1) is 0 Å². The molecule has 0 spiro atoms. The van der Waals surface area contributed by atoms with Gasteiger partial charge in [0.2, 0.25) is 5.95 Å². The third kappa shape index (κ3) is 5.25. The quantitative estimate of drug-likeness (QED) is 0.464. The molecule has 1 amide bonds. The van der Waals surface area contributed by atoms with Crippen molar-refractivity contribution < 1.29 is 9.53 Å². The van der Waals surface area contributed by atoms with Crippen LogP contribution in [-0.2, 0) is 4.74 Å². The highest BCUT2D eigenvalue weighted by Gasteiger charge is 2.24. The monoisotopic (exact) mass is 463 g/mol. The molecule has 0 aromatic carbocycles. The maximum atomic E-state index is 12.8. The van der Waals surface area contributed by atoms with Crippen molar-refractivity contribution in [3.63, 3.8) is 0 Å². The highest BCUT2D eigenvalue weighted by Crippen LogP contribution is 2.29. The number of amides is 1. The molecule has 0 radical (unpaired) electrons. The minimum atomic E-state index is -0.205. The van der Waals surface area contributed by atoms with Gasteiger partial charge in [0.15, 0.2) is 0 Å². The second kappa shape index (κ2) is 10.7. The average Bonchev–Trinajstić information content (AvgIpc) is 2.81. The number of hydrogen-bond donors (Lipinski definition) is 2. The van der Waals surface area contributed by atoms with E-state index < -0.39 is 0 Å². The molecule has 1 aliphatic rings. The first kappa shape index (κ1) is 23.8. The molecule has 180 valence electrons. The molecule has 34 heavy (non-hydrogen) atoms. The largest absolute Gasteiger partial charge is 0.377 e. The Balaban J connectivity index is 1.63. The first-order valence-electron chi connectivity index (χ1n) is 12.0. The van der Waals surface area contributed by atoms with Crippen molar-refractivity contribution in [2.24, 2.45) is 0 Å². The summed E-state index contributed by atoms with van der Waals surface area (Å²) < 4.78 is 5.16. The number of ether oxygens (including phenoxy) is 1. The zero-order chi connectivity index (χ0) is 24.1. The number of nitrogens with one attached hydrogen (secondary N) is 2. The summed E-state index contributed by atoms with van der Waals surface area (Å²) in [7, 11) is 0. The molecule has 9 heteroatoms. The molecule has 4 heterocycles. The van der Waals surface area contributed by atoms with Gasteiger partial charge in [-0.1, -0.05) is 27.2 Å². The van der Waals surface area contributed by atoms with E-state index in [0.717, 1.165) is 42.3 Å². The maximum Gasteiger partial charge on any atom is 0.270 e. The van der Waals surface area contributed by atoms with Crippen LogP contribution in [0.4, 0.5) is 17.6 Å². The highest BCUT2D eigenvalue weighted by molar-refractivity contribution is 6.06. The van der Waals surface area contributed by atoms with Gasteiger partial charge in [-0.3, -0.25) is 9.78 Å². The number of nitrogens with zero attached hydrogens (tertiary/aromatic N) is 5. The average molecular weight is 464 g/mol. The molecule has 0 aliphatic carbocycles. The Morgan fingerprint density at radius 2 is 1.97 bits per heavy atom. The second-order valence-electron chi connectivity index (χ2n) is 8.84. The van der Waals surface area contributed by atoms with Gasteiger partial charge in [-0.05, 0) is 42.3 Å². The summed E-state index contributed by atoms with van der Waals surface area (Å²) in [5, 5.41) is 7.96. The van der Waals surface area contributed by atoms with Crippen LogP contribution in [-0.4, -0.2) is 58.2 Å². The molecular formula is C25H33N7O2. The minimum Gasteiger partial charge on any atom is -0.377 e. The lowest BCUT2D eigenvalue weighted by Crippen LogP contribution is -2.48. The molecule has 9 nitrogen and oxygen atoms in total. The molecule has 0 saturated carbocycles. The molecule has 3 aromatic heterocycles. The number of rotatable bonds is 10. The standard InChI is InChI=1S/C25H33N7O2/c1-5-7-10-32(6-2)25-26-9-8-21(31-25)30-22-11-18-19(16(3)4)12-28-23(20(18)13-27-22)24(33)29-17-14-34-15-17/h8-9,11-13,16-17H,5-7,10,14-15H2,1-4H3,(H,29,33)(H,26,27,30,31). The zero-order valence-corrected chi connectivity index (χ0v) is 20.3. The van der Waals surface area contributed by atoms with Gasteiger partial charge in [-0.25, -0.2) is 9.97 Å². The van der Waals surface area contributed by atoms with Crippen LogP contribution >= 0.6 is 0 Å². The van der Waals surface area contributed by atoms with Crippen molar-refractivity contribution >= 4 is 34.3 Å². The summed E-state index contributed by atoms with van der Waals surface area (Å²) in [4.78, 5) is 33.2. The molecule has 1 aliphatic heterocycles. The Morgan fingerprint density at radius 3 is 2.65 bits per heavy atom. The topological polar surface area (TPSA) is 105 Å². The number of unbranched alkanes of at least 4 members (excludes halogenated alkanes) is 1. The summed E-state index contributed by atoms with van der Waals surface area (Å²) in [5.74, 6) is 2.07. The zero-order valence-electron chi connectivity index (χ0n) is 20.3. The van der Waals surface area contributed by atoms with E-state index in [1.165, 1.54) is 0 Å². The summed E-state index contributed by atoms with van der Waals surface area (Å²) in [6.07, 6.45) is 7.48. The Hall–Kier alpha value is -3.33. The molecule has 0 atom stereocenters. The fraction of sp³-hybridized carbons (Fsp3) is 0.480. The van der Waals surface area contributed by atoms with Crippen LogP contribution in [0.5, 0.6) is 0 Å². The molecular weight excluding hydrogens is 430 g/mol. The van der Waals surface area contributed by atoms with Gasteiger partial charge in [0.05, 0.1) is 19.3 Å². The summed E-state index contributed by atoms with van der Waals surface area (Å²) in [6, 6.07) is 3.83. The van der Waals surface area contributed by atoms with E-state index >= 15 is 0 Å². The summed E-state index contributed by atoms with van der Waals surface area (Å²) in [5.41, 5.74) is 1.44. The van der Waals surface area contributed by atoms with Gasteiger partial charge in [0.1, 0.15) is 17.3 Å². The van der Waals surface area contributed by atoms with Crippen LogP contribution in [0.25, 0.3) is 10.8 Å². The number of anilines is 3. The predicted octanol–water partition coefficient (Wildman–Crippen LogP) is 4.04. The molecule has 1 saturated heterocycles. The third-order valence-corrected chi connectivity index (χ3v) is 5.96. The van der Waals surface area contributed by atoms with Crippen LogP contribution in [0.3, 0.4) is 0 Å². The van der Waals surface area contributed by atoms with E-state index in [2.05, 4.69) is 58.2 Å². The van der Waals surface area contributed by atoms with Gasteiger partial charge >= 0.3 is 0 Å². The number of hydrogen-bond acceptors (Lipinski definition) is 8. The van der Waals surface area contributed by atoms with Crippen molar-refractivity contribution in [1.82, 2.24) is 25.3 Å². The van der Waals surface area contributed by atoms with Crippen LogP contribution < -0.4 is 15.5 Å². The van der Waals surface area contributed by atoms with Gasteiger partial charge in [0.25, 0.3) is 5.91 Å². The van der Waals surface area contributed by atoms with E-state index in [1.807, 2.05) is 12.1 Å². The van der Waals surface area contributed by atoms with E-state index in [-0.39, 0.29) is 17.9 Å². The second-order valence-corrected chi connectivity index (χ2v) is 8.84. The molecule has 0 unspecified atom stereocenters. The van der Waals surface area contributed by atoms with Gasteiger partial charge in [-0.2, -0.15) is 4.98 Å². The third-order valence-electron chi connectivity index (χ3n) is 5.96. The number of carbonyl (C=O) groups excluding carboxylic acids is 1. The number of carbonyl (C=O) groups is 1. The van der Waals surface area contributed by atoms with E-state index in [9.17, 15) is 4.79 Å². The first-order chi connectivity index (χ1) is 16.5. The van der Waals surface area contributed by atoms with E-state index in [0.29, 0.717) is 36.5 Å². The van der Waals surface area contributed by atoms with E-state index in [1.54, 1.807) is 18.6 Å². The molecule has 3 aromatic rings.